The number of fused-ring (bicyclic) bond motifs is 1. The third-order valence-corrected chi connectivity index (χ3v) is 5.80. The van der Waals surface area contributed by atoms with Gasteiger partial charge in [-0.2, -0.15) is 0 Å². The highest BCUT2D eigenvalue weighted by Crippen LogP contribution is 2.26. The maximum absolute atomic E-state index is 13.4. The Morgan fingerprint density at radius 2 is 1.80 bits per heavy atom. The van der Waals surface area contributed by atoms with Crippen molar-refractivity contribution >= 4 is 22.7 Å². The molecule has 0 bridgehead atoms. The van der Waals surface area contributed by atoms with E-state index < -0.39 is 0 Å². The molecule has 3 aromatic rings. The van der Waals surface area contributed by atoms with Crippen molar-refractivity contribution in [3.63, 3.8) is 0 Å². The lowest BCUT2D eigenvalue weighted by Crippen LogP contribution is -2.52. The second-order valence-corrected chi connectivity index (χ2v) is 7.67. The first-order valence-electron chi connectivity index (χ1n) is 10.3. The van der Waals surface area contributed by atoms with E-state index in [1.165, 1.54) is 0 Å². The summed E-state index contributed by atoms with van der Waals surface area (Å²) in [6.07, 6.45) is 3.00. The van der Waals surface area contributed by atoms with Crippen molar-refractivity contribution in [3.05, 3.63) is 54.3 Å². The minimum Gasteiger partial charge on any atom is -0.463 e. The van der Waals surface area contributed by atoms with E-state index in [4.69, 9.17) is 9.15 Å². The Morgan fingerprint density at radius 1 is 1.00 bits per heavy atom. The first kappa shape index (κ1) is 18.8. The van der Waals surface area contributed by atoms with Gasteiger partial charge in [0.15, 0.2) is 5.76 Å². The Hall–Kier alpha value is -3.19. The summed E-state index contributed by atoms with van der Waals surface area (Å²) >= 11 is 0. The van der Waals surface area contributed by atoms with Gasteiger partial charge in [0.1, 0.15) is 11.8 Å². The molecule has 0 aliphatic carbocycles. The number of furan rings is 1. The van der Waals surface area contributed by atoms with Crippen LogP contribution in [0.3, 0.4) is 0 Å². The van der Waals surface area contributed by atoms with Gasteiger partial charge < -0.3 is 19.0 Å². The summed E-state index contributed by atoms with van der Waals surface area (Å²) in [6.45, 7) is 2.72. The molecule has 5 rings (SSSR count). The lowest BCUT2D eigenvalue weighted by Gasteiger charge is -2.36. The van der Waals surface area contributed by atoms with Gasteiger partial charge in [-0.1, -0.05) is 18.2 Å². The standard InChI is InChI=1S/C23H23N3O4/c27-22(25-9-11-26(12-10-25)23(28)21-8-4-14-30-21)17-15-19(20-7-3-13-29-20)24-18-6-2-1-5-16(17)18/h1-3,5-7,13,15,21H,4,8-12,14H2. The lowest BCUT2D eigenvalue weighted by molar-refractivity contribution is -0.142. The molecule has 0 saturated carbocycles. The fraction of sp³-hybridized carbons (Fsp3) is 0.348. The van der Waals surface area contributed by atoms with Crippen molar-refractivity contribution in [1.29, 1.82) is 0 Å². The second-order valence-electron chi connectivity index (χ2n) is 7.67. The number of nitrogens with zero attached hydrogens (tertiary/aromatic N) is 3. The van der Waals surface area contributed by atoms with E-state index in [1.807, 2.05) is 40.1 Å². The molecule has 154 valence electrons. The molecule has 2 aliphatic heterocycles. The maximum atomic E-state index is 13.4. The number of carbonyl (C=O) groups is 2. The maximum Gasteiger partial charge on any atom is 0.254 e. The predicted molar refractivity (Wildman–Crippen MR) is 111 cm³/mol. The van der Waals surface area contributed by atoms with Crippen LogP contribution in [-0.2, 0) is 9.53 Å². The van der Waals surface area contributed by atoms with E-state index in [-0.39, 0.29) is 17.9 Å². The minimum absolute atomic E-state index is 0.0501. The summed E-state index contributed by atoms with van der Waals surface area (Å²) in [4.78, 5) is 34.3. The molecule has 7 heteroatoms. The van der Waals surface area contributed by atoms with Crippen LogP contribution in [0.5, 0.6) is 0 Å². The average molecular weight is 405 g/mol. The molecule has 2 amide bonds. The van der Waals surface area contributed by atoms with Crippen LogP contribution < -0.4 is 0 Å². The summed E-state index contributed by atoms with van der Waals surface area (Å²) in [7, 11) is 0. The average Bonchev–Trinajstić information content (AvgIpc) is 3.52. The summed E-state index contributed by atoms with van der Waals surface area (Å²) in [5.74, 6) is 0.626. The monoisotopic (exact) mass is 405 g/mol. The van der Waals surface area contributed by atoms with Crippen LogP contribution in [0.1, 0.15) is 23.2 Å². The first-order valence-corrected chi connectivity index (χ1v) is 10.3. The molecule has 4 heterocycles. The van der Waals surface area contributed by atoms with E-state index in [1.54, 1.807) is 18.4 Å². The number of rotatable bonds is 3. The highest BCUT2D eigenvalue weighted by Gasteiger charge is 2.32. The SMILES string of the molecule is O=C(c1cc(-c2ccco2)nc2ccccc12)N1CCN(C(=O)C2CCCO2)CC1. The zero-order valence-corrected chi connectivity index (χ0v) is 16.6. The minimum atomic E-state index is -0.313. The molecule has 7 nitrogen and oxygen atoms in total. The Morgan fingerprint density at radius 3 is 2.53 bits per heavy atom. The molecule has 0 N–H and O–H groups in total. The van der Waals surface area contributed by atoms with Gasteiger partial charge in [0, 0.05) is 38.2 Å². The van der Waals surface area contributed by atoms with Crippen LogP contribution in [0.25, 0.3) is 22.4 Å². The van der Waals surface area contributed by atoms with Crippen molar-refractivity contribution in [2.24, 2.45) is 0 Å². The quantitative estimate of drug-likeness (QED) is 0.670. The number of amides is 2. The van der Waals surface area contributed by atoms with E-state index in [9.17, 15) is 9.59 Å². The molecular weight excluding hydrogens is 382 g/mol. The van der Waals surface area contributed by atoms with Crippen LogP contribution in [0.15, 0.2) is 53.1 Å². The Labute approximate surface area is 174 Å². The smallest absolute Gasteiger partial charge is 0.254 e. The summed E-state index contributed by atoms with van der Waals surface area (Å²) in [5, 5.41) is 0.815. The zero-order chi connectivity index (χ0) is 20.5. The molecule has 1 atom stereocenters. The van der Waals surface area contributed by atoms with Gasteiger partial charge in [0.2, 0.25) is 0 Å². The van der Waals surface area contributed by atoms with Crippen molar-refractivity contribution in [1.82, 2.24) is 14.8 Å². The summed E-state index contributed by atoms with van der Waals surface area (Å²) in [5.41, 5.74) is 1.99. The van der Waals surface area contributed by atoms with Crippen LogP contribution in [0.4, 0.5) is 0 Å². The van der Waals surface area contributed by atoms with Crippen molar-refractivity contribution in [2.45, 2.75) is 18.9 Å². The van der Waals surface area contributed by atoms with Crippen LogP contribution >= 0.6 is 0 Å². The van der Waals surface area contributed by atoms with E-state index in [0.717, 1.165) is 23.7 Å². The molecular formula is C23H23N3O4. The van der Waals surface area contributed by atoms with Gasteiger partial charge in [-0.05, 0) is 37.1 Å². The van der Waals surface area contributed by atoms with Gasteiger partial charge in [0.25, 0.3) is 11.8 Å². The zero-order valence-electron chi connectivity index (χ0n) is 16.6. The fourth-order valence-corrected chi connectivity index (χ4v) is 4.18. The van der Waals surface area contributed by atoms with Crippen molar-refractivity contribution < 1.29 is 18.7 Å². The molecule has 2 saturated heterocycles. The number of para-hydroxylation sites is 1. The molecule has 0 radical (unpaired) electrons. The van der Waals surface area contributed by atoms with Crippen LogP contribution in [0, 0.1) is 0 Å². The molecule has 2 fully saturated rings. The van der Waals surface area contributed by atoms with Gasteiger partial charge in [0.05, 0.1) is 17.3 Å². The van der Waals surface area contributed by atoms with Gasteiger partial charge in [-0.3, -0.25) is 9.59 Å². The highest BCUT2D eigenvalue weighted by atomic mass is 16.5. The largest absolute Gasteiger partial charge is 0.463 e. The number of benzene rings is 1. The van der Waals surface area contributed by atoms with Crippen molar-refractivity contribution in [3.8, 4) is 11.5 Å². The number of hydrogen-bond donors (Lipinski definition) is 0. The summed E-state index contributed by atoms with van der Waals surface area (Å²) in [6, 6.07) is 13.1. The third-order valence-electron chi connectivity index (χ3n) is 5.80. The third kappa shape index (κ3) is 3.45. The molecule has 1 aromatic carbocycles. The molecule has 30 heavy (non-hydrogen) atoms. The molecule has 0 spiro atoms. The van der Waals surface area contributed by atoms with Crippen molar-refractivity contribution in [2.75, 3.05) is 32.8 Å². The molecule has 2 aliphatic rings. The first-order chi connectivity index (χ1) is 14.7. The Bertz CT molecular complexity index is 1070. The van der Waals surface area contributed by atoms with Gasteiger partial charge in [-0.15, -0.1) is 0 Å². The number of hydrogen-bond acceptors (Lipinski definition) is 5. The molecule has 2 aromatic heterocycles. The van der Waals surface area contributed by atoms with Gasteiger partial charge in [-0.25, -0.2) is 4.98 Å². The van der Waals surface area contributed by atoms with E-state index in [2.05, 4.69) is 4.98 Å². The van der Waals surface area contributed by atoms with E-state index >= 15 is 0 Å². The number of ether oxygens (including phenoxy) is 1. The Kier molecular flexibility index (Phi) is 4.96. The Balaban J connectivity index is 1.38. The normalized spacial score (nSPS) is 19.4. The van der Waals surface area contributed by atoms with E-state index in [0.29, 0.717) is 49.8 Å². The summed E-state index contributed by atoms with van der Waals surface area (Å²) < 4.78 is 11.0. The number of aromatic nitrogens is 1. The number of carbonyl (C=O) groups excluding carboxylic acids is 2. The van der Waals surface area contributed by atoms with Gasteiger partial charge >= 0.3 is 0 Å². The van der Waals surface area contributed by atoms with Crippen LogP contribution in [-0.4, -0.2) is 65.5 Å². The van der Waals surface area contributed by atoms with Crippen LogP contribution in [0.2, 0.25) is 0 Å². The lowest BCUT2D eigenvalue weighted by atomic mass is 10.0. The predicted octanol–water partition coefficient (Wildman–Crippen LogP) is 2.96. The molecule has 1 unspecified atom stereocenters. The second kappa shape index (κ2) is 7.91. The topological polar surface area (TPSA) is 75.9 Å². The highest BCUT2D eigenvalue weighted by molar-refractivity contribution is 6.07. The fourth-order valence-electron chi connectivity index (χ4n) is 4.18. The number of piperazine rings is 1. The number of pyridine rings is 1.